The zero-order chi connectivity index (χ0) is 14.5. The maximum absolute atomic E-state index is 12.6. The van der Waals surface area contributed by atoms with Gasteiger partial charge in [0.2, 0.25) is 5.82 Å². The first-order valence-corrected chi connectivity index (χ1v) is 7.54. The molecule has 0 spiro atoms. The normalized spacial score (nSPS) is 16.6. The number of nitrogens with zero attached hydrogens (tertiary/aromatic N) is 3. The molecule has 2 rings (SSSR count). The van der Waals surface area contributed by atoms with Crippen LogP contribution < -0.4 is 5.32 Å². The lowest BCUT2D eigenvalue weighted by atomic mass is 9.97. The lowest BCUT2D eigenvalue weighted by Crippen LogP contribution is -2.43. The molecule has 0 atom stereocenters. The lowest BCUT2D eigenvalue weighted by Gasteiger charge is -2.32. The number of carbonyl (C=O) groups excluding carboxylic acids is 1. The molecule has 2 N–H and O–H groups in total. The van der Waals surface area contributed by atoms with Crippen molar-refractivity contribution in [3.8, 4) is 0 Å². The third-order valence-corrected chi connectivity index (χ3v) is 3.86. The Balaban J connectivity index is 2.04. The summed E-state index contributed by atoms with van der Waals surface area (Å²) in [4.78, 5) is 18.7. The van der Waals surface area contributed by atoms with Crippen LogP contribution in [0.1, 0.15) is 50.1 Å². The zero-order valence-corrected chi connectivity index (χ0v) is 12.6. The number of rotatable bonds is 5. The smallest absolute Gasteiger partial charge is 0.293 e. The fourth-order valence-electron chi connectivity index (χ4n) is 2.55. The van der Waals surface area contributed by atoms with Crippen LogP contribution in [-0.4, -0.2) is 51.7 Å². The summed E-state index contributed by atoms with van der Waals surface area (Å²) in [7, 11) is 0. The van der Waals surface area contributed by atoms with E-state index < -0.39 is 0 Å². The van der Waals surface area contributed by atoms with Crippen LogP contribution in [0.5, 0.6) is 0 Å². The molecular weight excluding hydrogens is 254 g/mol. The Morgan fingerprint density at radius 2 is 2.10 bits per heavy atom. The number of aromatic amines is 1. The average molecular weight is 279 g/mol. The molecule has 20 heavy (non-hydrogen) atoms. The number of amides is 1. The Labute approximate surface area is 120 Å². The molecule has 6 heteroatoms. The highest BCUT2D eigenvalue weighted by atomic mass is 16.2. The molecule has 112 valence electrons. The summed E-state index contributed by atoms with van der Waals surface area (Å²) in [6.45, 7) is 8.98. The number of piperidine rings is 1. The molecule has 0 aromatic carbocycles. The second-order valence-electron chi connectivity index (χ2n) is 5.70. The van der Waals surface area contributed by atoms with Crippen LogP contribution in [0.15, 0.2) is 0 Å². The minimum absolute atomic E-state index is 0.0607. The third-order valence-electron chi connectivity index (χ3n) is 3.86. The summed E-state index contributed by atoms with van der Waals surface area (Å²) in [6, 6.07) is 0.168. The molecule has 0 bridgehead atoms. The number of carbonyl (C=O) groups is 1. The van der Waals surface area contributed by atoms with Gasteiger partial charge in [0.1, 0.15) is 5.82 Å². The first kappa shape index (κ1) is 15.0. The summed E-state index contributed by atoms with van der Waals surface area (Å²) in [5.41, 5.74) is 0. The first-order chi connectivity index (χ1) is 9.61. The fourth-order valence-corrected chi connectivity index (χ4v) is 2.55. The van der Waals surface area contributed by atoms with E-state index in [0.717, 1.165) is 44.7 Å². The van der Waals surface area contributed by atoms with Crippen molar-refractivity contribution in [2.75, 3.05) is 19.6 Å². The molecule has 6 nitrogen and oxygen atoms in total. The maximum atomic E-state index is 12.6. The van der Waals surface area contributed by atoms with Gasteiger partial charge < -0.3 is 10.2 Å². The molecule has 1 amide bonds. The van der Waals surface area contributed by atoms with E-state index in [1.807, 2.05) is 25.7 Å². The van der Waals surface area contributed by atoms with Crippen LogP contribution in [0.25, 0.3) is 0 Å². The Morgan fingerprint density at radius 3 is 2.65 bits per heavy atom. The van der Waals surface area contributed by atoms with Crippen LogP contribution in [0.4, 0.5) is 0 Å². The highest BCUT2D eigenvalue weighted by Crippen LogP contribution is 2.16. The lowest BCUT2D eigenvalue weighted by molar-refractivity contribution is 0.0646. The Hall–Kier alpha value is -1.43. The van der Waals surface area contributed by atoms with Gasteiger partial charge in [-0.15, -0.1) is 5.10 Å². The average Bonchev–Trinajstić information content (AvgIpc) is 2.94. The SMILES string of the molecule is CCc1nc(C(=O)N(CC2CCNCC2)C(C)C)n[nH]1. The van der Waals surface area contributed by atoms with E-state index in [9.17, 15) is 4.79 Å². The molecule has 0 saturated carbocycles. The van der Waals surface area contributed by atoms with Gasteiger partial charge in [-0.1, -0.05) is 6.92 Å². The van der Waals surface area contributed by atoms with E-state index in [4.69, 9.17) is 0 Å². The molecule has 0 aliphatic carbocycles. The van der Waals surface area contributed by atoms with Crippen molar-refractivity contribution < 1.29 is 4.79 Å². The Morgan fingerprint density at radius 1 is 1.40 bits per heavy atom. The summed E-state index contributed by atoms with van der Waals surface area (Å²) in [5, 5.41) is 10.2. The molecule has 1 aromatic rings. The molecule has 0 radical (unpaired) electrons. The van der Waals surface area contributed by atoms with Crippen molar-refractivity contribution >= 4 is 5.91 Å². The van der Waals surface area contributed by atoms with Gasteiger partial charge in [-0.25, -0.2) is 4.98 Å². The highest BCUT2D eigenvalue weighted by molar-refractivity contribution is 5.90. The van der Waals surface area contributed by atoms with Crippen molar-refractivity contribution in [3.05, 3.63) is 11.6 Å². The number of nitrogens with one attached hydrogen (secondary N) is 2. The zero-order valence-electron chi connectivity index (χ0n) is 12.6. The molecule has 1 saturated heterocycles. The Bertz CT molecular complexity index is 437. The van der Waals surface area contributed by atoms with Gasteiger partial charge in [0.25, 0.3) is 5.91 Å². The number of hydrogen-bond acceptors (Lipinski definition) is 4. The molecule has 1 aromatic heterocycles. The van der Waals surface area contributed by atoms with Crippen molar-refractivity contribution in [1.82, 2.24) is 25.4 Å². The van der Waals surface area contributed by atoms with Gasteiger partial charge in [0, 0.05) is 19.0 Å². The number of hydrogen-bond donors (Lipinski definition) is 2. The highest BCUT2D eigenvalue weighted by Gasteiger charge is 2.26. The van der Waals surface area contributed by atoms with Crippen molar-refractivity contribution in [3.63, 3.8) is 0 Å². The summed E-state index contributed by atoms with van der Waals surface area (Å²) >= 11 is 0. The van der Waals surface area contributed by atoms with Gasteiger partial charge in [-0.3, -0.25) is 9.89 Å². The number of aryl methyl sites for hydroxylation is 1. The van der Waals surface area contributed by atoms with Gasteiger partial charge in [-0.2, -0.15) is 0 Å². The van der Waals surface area contributed by atoms with Crippen molar-refractivity contribution in [2.45, 2.75) is 46.1 Å². The van der Waals surface area contributed by atoms with Gasteiger partial charge in [0.05, 0.1) is 0 Å². The second kappa shape index (κ2) is 6.83. The second-order valence-corrected chi connectivity index (χ2v) is 5.70. The van der Waals surface area contributed by atoms with Crippen LogP contribution in [0.2, 0.25) is 0 Å². The van der Waals surface area contributed by atoms with Crippen LogP contribution in [0, 0.1) is 5.92 Å². The van der Waals surface area contributed by atoms with E-state index in [-0.39, 0.29) is 11.9 Å². The minimum Gasteiger partial charge on any atom is -0.333 e. The maximum Gasteiger partial charge on any atom is 0.293 e. The molecule has 1 aliphatic heterocycles. The molecule has 0 unspecified atom stereocenters. The summed E-state index contributed by atoms with van der Waals surface area (Å²) in [5.74, 6) is 1.57. The predicted octanol–water partition coefficient (Wildman–Crippen LogP) is 1.22. The summed E-state index contributed by atoms with van der Waals surface area (Å²) < 4.78 is 0. The van der Waals surface area contributed by atoms with Gasteiger partial charge in [-0.05, 0) is 45.7 Å². The molecule has 1 fully saturated rings. The van der Waals surface area contributed by atoms with Crippen LogP contribution in [0.3, 0.4) is 0 Å². The van der Waals surface area contributed by atoms with E-state index in [1.54, 1.807) is 0 Å². The van der Waals surface area contributed by atoms with Crippen molar-refractivity contribution in [2.24, 2.45) is 5.92 Å². The van der Waals surface area contributed by atoms with E-state index >= 15 is 0 Å². The van der Waals surface area contributed by atoms with Crippen molar-refractivity contribution in [1.29, 1.82) is 0 Å². The van der Waals surface area contributed by atoms with Crippen LogP contribution >= 0.6 is 0 Å². The van der Waals surface area contributed by atoms with E-state index in [1.165, 1.54) is 0 Å². The largest absolute Gasteiger partial charge is 0.333 e. The third kappa shape index (κ3) is 3.56. The van der Waals surface area contributed by atoms with Crippen LogP contribution in [-0.2, 0) is 6.42 Å². The molecule has 2 heterocycles. The Kier molecular flexibility index (Phi) is 5.11. The fraction of sp³-hybridized carbons (Fsp3) is 0.786. The standard InChI is InChI=1S/C14H25N5O/c1-4-12-16-13(18-17-12)14(20)19(10(2)3)9-11-5-7-15-8-6-11/h10-11,15H,4-9H2,1-3H3,(H,16,17,18). The van der Waals surface area contributed by atoms with Gasteiger partial charge >= 0.3 is 0 Å². The minimum atomic E-state index is -0.0607. The van der Waals surface area contributed by atoms with E-state index in [2.05, 4.69) is 20.5 Å². The molecule has 1 aliphatic rings. The number of H-pyrrole nitrogens is 1. The van der Waals surface area contributed by atoms with E-state index in [0.29, 0.717) is 11.7 Å². The first-order valence-electron chi connectivity index (χ1n) is 7.54. The predicted molar refractivity (Wildman–Crippen MR) is 77.5 cm³/mol. The monoisotopic (exact) mass is 279 g/mol. The summed E-state index contributed by atoms with van der Waals surface area (Å²) in [6.07, 6.45) is 3.02. The topological polar surface area (TPSA) is 73.9 Å². The number of aromatic nitrogens is 3. The molecular formula is C14H25N5O. The van der Waals surface area contributed by atoms with Gasteiger partial charge in [0.15, 0.2) is 0 Å². The quantitative estimate of drug-likeness (QED) is 0.850.